The third-order valence-corrected chi connectivity index (χ3v) is 6.54. The first-order valence-corrected chi connectivity index (χ1v) is 11.2. The second kappa shape index (κ2) is 6.56. The molecule has 2 aromatic carbocycles. The summed E-state index contributed by atoms with van der Waals surface area (Å²) in [6.07, 6.45) is 0.918. The highest BCUT2D eigenvalue weighted by Gasteiger charge is 2.24. The van der Waals surface area contributed by atoms with Crippen LogP contribution in [0, 0.1) is 0 Å². The van der Waals surface area contributed by atoms with E-state index in [1.807, 2.05) is 0 Å². The van der Waals surface area contributed by atoms with E-state index >= 15 is 0 Å². The third kappa shape index (κ3) is 3.64. The van der Waals surface area contributed by atoms with Crippen molar-refractivity contribution >= 4 is 47.0 Å². The fraction of sp³-hybridized carbons (Fsp3) is 0.125. The Morgan fingerprint density at radius 1 is 1.00 bits per heavy atom. The molecule has 1 aromatic heterocycles. The number of halogens is 1. The SMILES string of the molecule is CS(=O)(=O)OCc1cc2c(Br)cccc2n1S(=O)(=O)c1ccccc1. The van der Waals surface area contributed by atoms with E-state index in [0.29, 0.717) is 15.4 Å². The highest BCUT2D eigenvalue weighted by Crippen LogP contribution is 2.31. The molecule has 132 valence electrons. The Labute approximate surface area is 154 Å². The molecule has 0 aliphatic rings. The number of nitrogens with zero attached hydrogens (tertiary/aromatic N) is 1. The Balaban J connectivity index is 2.26. The van der Waals surface area contributed by atoms with Gasteiger partial charge in [-0.15, -0.1) is 0 Å². The summed E-state index contributed by atoms with van der Waals surface area (Å²) in [7, 11) is -7.63. The van der Waals surface area contributed by atoms with E-state index in [2.05, 4.69) is 15.9 Å². The van der Waals surface area contributed by atoms with Crippen LogP contribution in [0.4, 0.5) is 0 Å². The van der Waals surface area contributed by atoms with Crippen molar-refractivity contribution in [2.75, 3.05) is 6.26 Å². The molecule has 3 aromatic rings. The zero-order valence-corrected chi connectivity index (χ0v) is 16.3. The minimum absolute atomic E-state index is 0.105. The maximum absolute atomic E-state index is 13.1. The van der Waals surface area contributed by atoms with E-state index in [-0.39, 0.29) is 17.2 Å². The van der Waals surface area contributed by atoms with E-state index in [1.165, 1.54) is 12.1 Å². The number of fused-ring (bicyclic) bond motifs is 1. The quantitative estimate of drug-likeness (QED) is 0.565. The molecule has 0 aliphatic heterocycles. The van der Waals surface area contributed by atoms with Gasteiger partial charge in [-0.2, -0.15) is 8.42 Å². The van der Waals surface area contributed by atoms with Crippen LogP contribution in [0.25, 0.3) is 10.9 Å². The first-order valence-electron chi connectivity index (χ1n) is 7.14. The molecule has 0 unspecified atom stereocenters. The topological polar surface area (TPSA) is 82.4 Å². The molecule has 6 nitrogen and oxygen atoms in total. The molecular weight excluding hydrogens is 430 g/mol. The van der Waals surface area contributed by atoms with Gasteiger partial charge < -0.3 is 0 Å². The van der Waals surface area contributed by atoms with E-state index in [9.17, 15) is 16.8 Å². The van der Waals surface area contributed by atoms with Crippen LogP contribution >= 0.6 is 15.9 Å². The number of aromatic nitrogens is 1. The molecule has 25 heavy (non-hydrogen) atoms. The number of hydrogen-bond acceptors (Lipinski definition) is 5. The Kier molecular flexibility index (Phi) is 4.76. The molecule has 3 rings (SSSR count). The lowest BCUT2D eigenvalue weighted by atomic mass is 10.2. The molecule has 0 saturated carbocycles. The molecule has 0 fully saturated rings. The van der Waals surface area contributed by atoms with Crippen molar-refractivity contribution in [3.63, 3.8) is 0 Å². The normalized spacial score (nSPS) is 12.6. The van der Waals surface area contributed by atoms with Crippen molar-refractivity contribution in [2.24, 2.45) is 0 Å². The van der Waals surface area contributed by atoms with Gasteiger partial charge in [-0.3, -0.25) is 4.18 Å². The van der Waals surface area contributed by atoms with Crippen LogP contribution in [0.3, 0.4) is 0 Å². The third-order valence-electron chi connectivity index (χ3n) is 3.52. The summed E-state index contributed by atoms with van der Waals surface area (Å²) in [5, 5.41) is 0.647. The lowest BCUT2D eigenvalue weighted by Gasteiger charge is -2.12. The first kappa shape index (κ1) is 18.1. The van der Waals surface area contributed by atoms with Gasteiger partial charge in [0.1, 0.15) is 6.61 Å². The van der Waals surface area contributed by atoms with Crippen LogP contribution in [-0.2, 0) is 30.9 Å². The second-order valence-corrected chi connectivity index (χ2v) is 9.64. The van der Waals surface area contributed by atoms with Crippen LogP contribution < -0.4 is 0 Å². The molecule has 1 heterocycles. The Morgan fingerprint density at radius 3 is 2.32 bits per heavy atom. The van der Waals surface area contributed by atoms with E-state index < -0.39 is 20.1 Å². The van der Waals surface area contributed by atoms with Crippen LogP contribution in [0.2, 0.25) is 0 Å². The summed E-state index contributed by atoms with van der Waals surface area (Å²) < 4.78 is 55.5. The molecule has 0 N–H and O–H groups in total. The molecule has 0 aliphatic carbocycles. The zero-order valence-electron chi connectivity index (χ0n) is 13.1. The molecular formula is C16H14BrNO5S2. The number of rotatable bonds is 5. The van der Waals surface area contributed by atoms with Gasteiger partial charge >= 0.3 is 0 Å². The monoisotopic (exact) mass is 443 g/mol. The van der Waals surface area contributed by atoms with E-state index in [0.717, 1.165) is 10.2 Å². The van der Waals surface area contributed by atoms with Crippen molar-refractivity contribution in [3.8, 4) is 0 Å². The first-order chi connectivity index (χ1) is 11.7. The van der Waals surface area contributed by atoms with Crippen molar-refractivity contribution in [1.29, 1.82) is 0 Å². The number of benzene rings is 2. The zero-order chi connectivity index (χ0) is 18.2. The van der Waals surface area contributed by atoms with Crippen molar-refractivity contribution in [1.82, 2.24) is 3.97 Å². The highest BCUT2D eigenvalue weighted by molar-refractivity contribution is 9.10. The van der Waals surface area contributed by atoms with Gasteiger partial charge in [0.25, 0.3) is 20.1 Å². The lowest BCUT2D eigenvalue weighted by molar-refractivity contribution is 0.306. The minimum Gasteiger partial charge on any atom is -0.264 e. The van der Waals surface area contributed by atoms with E-state index in [1.54, 1.807) is 42.5 Å². The van der Waals surface area contributed by atoms with Crippen LogP contribution in [-0.4, -0.2) is 27.1 Å². The van der Waals surface area contributed by atoms with Gasteiger partial charge in [0.2, 0.25) is 0 Å². The molecule has 0 bridgehead atoms. The van der Waals surface area contributed by atoms with Crippen molar-refractivity contribution < 1.29 is 21.0 Å². The van der Waals surface area contributed by atoms with Gasteiger partial charge in [-0.25, -0.2) is 12.4 Å². The molecule has 9 heteroatoms. The Hall–Kier alpha value is -1.68. The summed E-state index contributed by atoms with van der Waals surface area (Å²) in [4.78, 5) is 0.105. The van der Waals surface area contributed by atoms with Gasteiger partial charge in [0.05, 0.1) is 22.4 Å². The van der Waals surface area contributed by atoms with Gasteiger partial charge in [0.15, 0.2) is 0 Å². The Morgan fingerprint density at radius 2 is 1.68 bits per heavy atom. The van der Waals surface area contributed by atoms with Crippen molar-refractivity contribution in [3.05, 3.63) is 64.8 Å². The second-order valence-electron chi connectivity index (χ2n) is 5.36. The highest BCUT2D eigenvalue weighted by atomic mass is 79.9. The molecule has 0 spiro atoms. The standard InChI is InChI=1S/C16H14BrNO5S2/c1-24(19,20)23-11-12-10-14-15(17)8-5-9-16(14)18(12)25(21,22)13-6-3-2-4-7-13/h2-10H,11H2,1H3. The Bertz CT molecular complexity index is 1140. The lowest BCUT2D eigenvalue weighted by Crippen LogP contribution is -2.17. The van der Waals surface area contributed by atoms with Crippen molar-refractivity contribution in [2.45, 2.75) is 11.5 Å². The van der Waals surface area contributed by atoms with Gasteiger partial charge in [0, 0.05) is 9.86 Å². The number of hydrogen-bond donors (Lipinski definition) is 0. The summed E-state index contributed by atoms with van der Waals surface area (Å²) in [6.45, 7) is -0.383. The van der Waals surface area contributed by atoms with Crippen LogP contribution in [0.5, 0.6) is 0 Å². The molecule has 0 radical (unpaired) electrons. The minimum atomic E-state index is -3.92. The summed E-state index contributed by atoms with van der Waals surface area (Å²) in [5.74, 6) is 0. The largest absolute Gasteiger partial charge is 0.268 e. The van der Waals surface area contributed by atoms with Crippen LogP contribution in [0.1, 0.15) is 5.69 Å². The summed E-state index contributed by atoms with van der Waals surface area (Å²) in [5.41, 5.74) is 0.654. The average Bonchev–Trinajstić information content (AvgIpc) is 2.94. The average molecular weight is 444 g/mol. The van der Waals surface area contributed by atoms with Gasteiger partial charge in [-0.1, -0.05) is 40.2 Å². The van der Waals surface area contributed by atoms with Crippen LogP contribution in [0.15, 0.2) is 64.0 Å². The smallest absolute Gasteiger partial charge is 0.264 e. The molecule has 0 saturated heterocycles. The van der Waals surface area contributed by atoms with E-state index in [4.69, 9.17) is 4.18 Å². The van der Waals surface area contributed by atoms with Gasteiger partial charge in [-0.05, 0) is 30.3 Å². The fourth-order valence-corrected chi connectivity index (χ4v) is 4.82. The maximum Gasteiger partial charge on any atom is 0.268 e. The summed E-state index contributed by atoms with van der Waals surface area (Å²) in [6, 6.07) is 14.7. The predicted octanol–water partition coefficient (Wildman–Crippen LogP) is 3.12. The predicted molar refractivity (Wildman–Crippen MR) is 98.3 cm³/mol. The maximum atomic E-state index is 13.1. The fourth-order valence-electron chi connectivity index (χ4n) is 2.48. The summed E-state index contributed by atoms with van der Waals surface area (Å²) >= 11 is 3.39. The molecule has 0 amide bonds. The molecule has 0 atom stereocenters.